The van der Waals surface area contributed by atoms with Gasteiger partial charge in [0.1, 0.15) is 5.75 Å². The minimum Gasteiger partial charge on any atom is -0.406 e. The topological polar surface area (TPSA) is 84.9 Å². The molecule has 2 aromatic carbocycles. The molecule has 15 heteroatoms. The molecule has 0 saturated heterocycles. The van der Waals surface area contributed by atoms with E-state index in [1.165, 1.54) is 17.0 Å². The fourth-order valence-electron chi connectivity index (χ4n) is 2.89. The summed E-state index contributed by atoms with van der Waals surface area (Å²) in [6.45, 7) is 0.920. The van der Waals surface area contributed by atoms with Crippen molar-refractivity contribution in [1.29, 1.82) is 0 Å². The zero-order valence-corrected chi connectivity index (χ0v) is 18.7. The Hall–Kier alpha value is -2.65. The van der Waals surface area contributed by atoms with Crippen molar-refractivity contribution >= 4 is 33.5 Å². The van der Waals surface area contributed by atoms with Gasteiger partial charge in [-0.15, -0.1) is 13.2 Å². The second-order valence-electron chi connectivity index (χ2n) is 6.90. The van der Waals surface area contributed by atoms with Crippen LogP contribution < -0.4 is 15.0 Å². The van der Waals surface area contributed by atoms with E-state index in [9.17, 15) is 39.6 Å². The van der Waals surface area contributed by atoms with E-state index < -0.39 is 46.4 Å². The van der Waals surface area contributed by atoms with Gasteiger partial charge >= 0.3 is 18.4 Å². The molecule has 0 spiro atoms. The van der Waals surface area contributed by atoms with Gasteiger partial charge in [-0.1, -0.05) is 29.5 Å². The average Bonchev–Trinajstić information content (AvgIpc) is 3.02. The maximum absolute atomic E-state index is 12.7. The Labute approximate surface area is 194 Å². The molecule has 0 bridgehead atoms. The molecule has 1 atom stereocenters. The lowest BCUT2D eigenvalue weighted by Gasteiger charge is -2.27. The molecule has 1 aliphatic rings. The van der Waals surface area contributed by atoms with Gasteiger partial charge in [0.05, 0.1) is 17.2 Å². The number of benzene rings is 2. The maximum Gasteiger partial charge on any atom is 0.573 e. The Morgan fingerprint density at radius 3 is 2.32 bits per heavy atom. The number of ether oxygens (including phenoxy) is 1. The summed E-state index contributed by atoms with van der Waals surface area (Å²) >= 11 is 0.626. The summed E-state index contributed by atoms with van der Waals surface area (Å²) in [5, 5.41) is 1.73. The number of amides is 1. The molecular weight excluding hydrogens is 514 g/mol. The van der Waals surface area contributed by atoms with E-state index in [0.29, 0.717) is 11.8 Å². The molecule has 0 aliphatic carbocycles. The standard InChI is InChI=1S/C19H16F6N2O5S2/c1-11-2-5-13(6-3-11)34(29,30)31-9-8-27-14-7-4-12(32-19(23,24)25)10-15(14)33-17(27)26-16(28)18(20,21)22/h2-7,10,17H,8-9H2,1H3,(H,26,28). The number of rotatable bonds is 7. The molecule has 0 fully saturated rings. The highest BCUT2D eigenvalue weighted by Gasteiger charge is 2.43. The molecule has 1 N–H and O–H groups in total. The number of thioether (sulfide) groups is 1. The monoisotopic (exact) mass is 530 g/mol. The molecule has 34 heavy (non-hydrogen) atoms. The van der Waals surface area contributed by atoms with Gasteiger partial charge in [-0.3, -0.25) is 8.98 Å². The van der Waals surface area contributed by atoms with Crippen molar-refractivity contribution in [3.05, 3.63) is 48.0 Å². The largest absolute Gasteiger partial charge is 0.573 e. The summed E-state index contributed by atoms with van der Waals surface area (Å²) in [7, 11) is -4.18. The lowest BCUT2D eigenvalue weighted by molar-refractivity contribution is -0.274. The number of carbonyl (C=O) groups excluding carboxylic acids is 1. The summed E-state index contributed by atoms with van der Waals surface area (Å²) in [5.74, 6) is -2.89. The van der Waals surface area contributed by atoms with Gasteiger partial charge in [0.15, 0.2) is 5.50 Å². The third-order valence-corrected chi connectivity index (χ3v) is 6.89. The van der Waals surface area contributed by atoms with E-state index in [1.54, 1.807) is 24.4 Å². The smallest absolute Gasteiger partial charge is 0.406 e. The number of aryl methyl sites for hydroxylation is 1. The number of carbonyl (C=O) groups is 1. The zero-order valence-electron chi connectivity index (χ0n) is 17.1. The normalized spacial score (nSPS) is 16.3. The summed E-state index contributed by atoms with van der Waals surface area (Å²) < 4.78 is 109. The number of hydrogen-bond donors (Lipinski definition) is 1. The van der Waals surface area contributed by atoms with E-state index in [0.717, 1.165) is 23.8 Å². The Morgan fingerprint density at radius 1 is 1.09 bits per heavy atom. The Bertz CT molecular complexity index is 1150. The van der Waals surface area contributed by atoms with Crippen LogP contribution in [-0.2, 0) is 19.1 Å². The average molecular weight is 530 g/mol. The molecule has 0 radical (unpaired) electrons. The number of anilines is 1. The molecule has 3 rings (SSSR count). The van der Waals surface area contributed by atoms with Gasteiger partial charge in [-0.25, -0.2) is 0 Å². The van der Waals surface area contributed by atoms with Crippen LogP contribution >= 0.6 is 11.8 Å². The molecule has 1 aliphatic heterocycles. The van der Waals surface area contributed by atoms with Crippen molar-refractivity contribution in [1.82, 2.24) is 5.32 Å². The van der Waals surface area contributed by atoms with Crippen LogP contribution in [0.1, 0.15) is 5.56 Å². The zero-order chi connectivity index (χ0) is 25.3. The molecule has 2 aromatic rings. The maximum atomic E-state index is 12.7. The van der Waals surface area contributed by atoms with Crippen molar-refractivity contribution in [2.24, 2.45) is 0 Å². The quantitative estimate of drug-likeness (QED) is 0.425. The van der Waals surface area contributed by atoms with Crippen LogP contribution in [0.25, 0.3) is 0 Å². The van der Waals surface area contributed by atoms with E-state index >= 15 is 0 Å². The third kappa shape index (κ3) is 6.48. The molecular formula is C19H16F6N2O5S2. The SMILES string of the molecule is Cc1ccc(S(=O)(=O)OCCN2c3ccc(OC(F)(F)F)cc3SC2NC(=O)C(F)(F)F)cc1. The molecule has 0 saturated carbocycles. The number of nitrogens with zero attached hydrogens (tertiary/aromatic N) is 1. The molecule has 0 aromatic heterocycles. The molecule has 186 valence electrons. The van der Waals surface area contributed by atoms with Gasteiger partial charge in [-0.2, -0.15) is 21.6 Å². The minimum atomic E-state index is -5.21. The number of hydrogen-bond acceptors (Lipinski definition) is 7. The first-order valence-electron chi connectivity index (χ1n) is 9.33. The van der Waals surface area contributed by atoms with E-state index in [1.807, 2.05) is 0 Å². The van der Waals surface area contributed by atoms with Crippen LogP contribution in [0, 0.1) is 6.92 Å². The van der Waals surface area contributed by atoms with Gasteiger partial charge in [0.25, 0.3) is 10.1 Å². The van der Waals surface area contributed by atoms with Crippen LogP contribution in [-0.4, -0.2) is 45.5 Å². The van der Waals surface area contributed by atoms with Gasteiger partial charge < -0.3 is 15.0 Å². The van der Waals surface area contributed by atoms with Crippen molar-refractivity contribution in [2.45, 2.75) is 34.8 Å². The van der Waals surface area contributed by atoms with E-state index in [2.05, 4.69) is 4.74 Å². The predicted molar refractivity (Wildman–Crippen MR) is 109 cm³/mol. The van der Waals surface area contributed by atoms with Crippen LogP contribution in [0.5, 0.6) is 5.75 Å². The van der Waals surface area contributed by atoms with Crippen molar-refractivity contribution < 1.29 is 48.5 Å². The highest BCUT2D eigenvalue weighted by Crippen LogP contribution is 2.44. The van der Waals surface area contributed by atoms with Crippen molar-refractivity contribution in [2.75, 3.05) is 18.1 Å². The second kappa shape index (κ2) is 9.54. The first-order chi connectivity index (χ1) is 15.7. The number of halogens is 6. The summed E-state index contributed by atoms with van der Waals surface area (Å²) in [4.78, 5) is 12.6. The lowest BCUT2D eigenvalue weighted by atomic mass is 10.2. The van der Waals surface area contributed by atoms with Gasteiger partial charge in [-0.05, 0) is 37.3 Å². The number of alkyl halides is 6. The highest BCUT2D eigenvalue weighted by atomic mass is 32.2. The number of fused-ring (bicyclic) bond motifs is 1. The van der Waals surface area contributed by atoms with Crippen molar-refractivity contribution in [3.63, 3.8) is 0 Å². The first-order valence-corrected chi connectivity index (χ1v) is 11.6. The van der Waals surface area contributed by atoms with Crippen LogP contribution in [0.2, 0.25) is 0 Å². The molecule has 1 amide bonds. The predicted octanol–water partition coefficient (Wildman–Crippen LogP) is 4.17. The summed E-state index contributed by atoms with van der Waals surface area (Å²) in [6, 6.07) is 8.78. The van der Waals surface area contributed by atoms with Crippen molar-refractivity contribution in [3.8, 4) is 5.75 Å². The fourth-order valence-corrected chi connectivity index (χ4v) is 5.03. The van der Waals surface area contributed by atoms with Crippen LogP contribution in [0.3, 0.4) is 0 Å². The molecule has 1 unspecified atom stereocenters. The summed E-state index contributed by atoms with van der Waals surface area (Å²) in [5.41, 5.74) is -0.430. The second-order valence-corrected chi connectivity index (χ2v) is 9.64. The number of nitrogens with one attached hydrogen (secondary N) is 1. The Kier molecular flexibility index (Phi) is 7.28. The summed E-state index contributed by atoms with van der Waals surface area (Å²) in [6.07, 6.45) is -10.2. The van der Waals surface area contributed by atoms with Gasteiger partial charge in [0.2, 0.25) is 0 Å². The first kappa shape index (κ1) is 26.0. The van der Waals surface area contributed by atoms with Crippen LogP contribution in [0.4, 0.5) is 32.0 Å². The fraction of sp³-hybridized carbons (Fsp3) is 0.316. The Balaban J connectivity index is 1.78. The molecule has 7 nitrogen and oxygen atoms in total. The Morgan fingerprint density at radius 2 is 1.74 bits per heavy atom. The van der Waals surface area contributed by atoms with E-state index in [4.69, 9.17) is 4.18 Å². The van der Waals surface area contributed by atoms with E-state index in [-0.39, 0.29) is 22.0 Å². The minimum absolute atomic E-state index is 0.0793. The van der Waals surface area contributed by atoms with Crippen LogP contribution in [0.15, 0.2) is 52.3 Å². The highest BCUT2D eigenvalue weighted by molar-refractivity contribution is 8.00. The lowest BCUT2D eigenvalue weighted by Crippen LogP contribution is -2.49. The molecule has 1 heterocycles. The van der Waals surface area contributed by atoms with Gasteiger partial charge in [0, 0.05) is 11.4 Å². The third-order valence-electron chi connectivity index (χ3n) is 4.39.